The molecule has 0 fully saturated rings. The standard InChI is InChI=1S/C25H24F3N3O3.ClH/c1-15(23(29)32)17-11-10-16-6-2-5-9-21(16)31(24(17)33)13-19-18-7-3-4-8-20(18)30-12-22(19)34-14-25(26,27)28;/h2-9,12,15,17H,10-11,13-14H2,1H3,(H2,29,32);1H/t15?,17-;/m0./s1. The summed E-state index contributed by atoms with van der Waals surface area (Å²) in [6.45, 7) is 0.0959. The number of primary amides is 1. The van der Waals surface area contributed by atoms with E-state index in [1.807, 2.05) is 12.1 Å². The van der Waals surface area contributed by atoms with Crippen LogP contribution < -0.4 is 15.4 Å². The zero-order valence-corrected chi connectivity index (χ0v) is 19.7. The molecular weight excluding hydrogens is 483 g/mol. The fraction of sp³-hybridized carbons (Fsp3) is 0.320. The summed E-state index contributed by atoms with van der Waals surface area (Å²) in [5.74, 6) is -2.28. The number of hydrogen-bond donors (Lipinski definition) is 1. The molecule has 2 aromatic carbocycles. The molecule has 0 spiro atoms. The molecule has 4 rings (SSSR count). The van der Waals surface area contributed by atoms with Gasteiger partial charge in [-0.25, -0.2) is 0 Å². The maximum atomic E-state index is 13.7. The number of carbonyl (C=O) groups excluding carboxylic acids is 2. The lowest BCUT2D eigenvalue weighted by molar-refractivity contribution is -0.153. The topological polar surface area (TPSA) is 85.5 Å². The Morgan fingerprint density at radius 3 is 2.60 bits per heavy atom. The molecule has 1 aliphatic rings. The van der Waals surface area contributed by atoms with Crippen molar-refractivity contribution in [1.29, 1.82) is 0 Å². The van der Waals surface area contributed by atoms with E-state index in [2.05, 4.69) is 4.98 Å². The third kappa shape index (κ3) is 5.67. The number of aromatic nitrogens is 1. The van der Waals surface area contributed by atoms with Crippen LogP contribution in [0.25, 0.3) is 10.9 Å². The molecule has 1 aromatic heterocycles. The predicted octanol–water partition coefficient (Wildman–Crippen LogP) is 4.81. The number of hydrogen-bond acceptors (Lipinski definition) is 4. The van der Waals surface area contributed by atoms with Crippen molar-refractivity contribution < 1.29 is 27.5 Å². The number of para-hydroxylation sites is 2. The van der Waals surface area contributed by atoms with Crippen LogP contribution in [0.3, 0.4) is 0 Å². The van der Waals surface area contributed by atoms with Gasteiger partial charge in [-0.3, -0.25) is 14.6 Å². The van der Waals surface area contributed by atoms with Gasteiger partial charge in [0.15, 0.2) is 6.61 Å². The molecule has 0 radical (unpaired) electrons. The number of benzene rings is 2. The van der Waals surface area contributed by atoms with E-state index in [1.54, 1.807) is 43.3 Å². The highest BCUT2D eigenvalue weighted by atomic mass is 35.5. The molecule has 2 heterocycles. The van der Waals surface area contributed by atoms with Crippen molar-refractivity contribution in [2.45, 2.75) is 32.5 Å². The van der Waals surface area contributed by atoms with Crippen LogP contribution >= 0.6 is 12.4 Å². The van der Waals surface area contributed by atoms with Gasteiger partial charge < -0.3 is 15.4 Å². The maximum absolute atomic E-state index is 13.7. The fourth-order valence-electron chi connectivity index (χ4n) is 4.35. The van der Waals surface area contributed by atoms with E-state index in [0.29, 0.717) is 35.0 Å². The van der Waals surface area contributed by atoms with Gasteiger partial charge in [-0.2, -0.15) is 13.2 Å². The van der Waals surface area contributed by atoms with E-state index >= 15 is 0 Å². The monoisotopic (exact) mass is 507 g/mol. The Hall–Kier alpha value is -3.33. The van der Waals surface area contributed by atoms with E-state index in [-0.39, 0.29) is 30.6 Å². The van der Waals surface area contributed by atoms with Crippen molar-refractivity contribution in [2.75, 3.05) is 11.5 Å². The van der Waals surface area contributed by atoms with Crippen molar-refractivity contribution in [1.82, 2.24) is 4.98 Å². The highest BCUT2D eigenvalue weighted by Gasteiger charge is 2.36. The lowest BCUT2D eigenvalue weighted by Gasteiger charge is -2.29. The van der Waals surface area contributed by atoms with Crippen LogP contribution in [0.4, 0.5) is 18.9 Å². The molecule has 1 unspecified atom stereocenters. The number of halogens is 4. The van der Waals surface area contributed by atoms with Gasteiger partial charge in [-0.05, 0) is 30.5 Å². The van der Waals surface area contributed by atoms with Crippen molar-refractivity contribution in [2.24, 2.45) is 17.6 Å². The molecule has 35 heavy (non-hydrogen) atoms. The number of amides is 2. The number of nitrogens with zero attached hydrogens (tertiary/aromatic N) is 2. The van der Waals surface area contributed by atoms with Crippen LogP contribution in [0.1, 0.15) is 24.5 Å². The van der Waals surface area contributed by atoms with Crippen molar-refractivity contribution in [3.8, 4) is 5.75 Å². The second kappa shape index (κ2) is 10.5. The molecule has 2 amide bonds. The van der Waals surface area contributed by atoms with Crippen LogP contribution in [0, 0.1) is 11.8 Å². The van der Waals surface area contributed by atoms with Gasteiger partial charge in [-0.15, -0.1) is 12.4 Å². The summed E-state index contributed by atoms with van der Waals surface area (Å²) < 4.78 is 43.9. The summed E-state index contributed by atoms with van der Waals surface area (Å²) >= 11 is 0. The number of ether oxygens (including phenoxy) is 1. The molecule has 1 aliphatic heterocycles. The smallest absolute Gasteiger partial charge is 0.422 e. The molecule has 0 bridgehead atoms. The minimum Gasteiger partial charge on any atom is -0.482 e. The Labute approximate surface area is 206 Å². The van der Waals surface area contributed by atoms with Gasteiger partial charge >= 0.3 is 6.18 Å². The van der Waals surface area contributed by atoms with Gasteiger partial charge in [0, 0.05) is 22.6 Å². The normalized spacial score (nSPS) is 16.7. The Bertz CT molecular complexity index is 1240. The number of rotatable bonds is 6. The average molecular weight is 508 g/mol. The number of aryl methyl sites for hydroxylation is 1. The number of carbonyl (C=O) groups is 2. The second-order valence-electron chi connectivity index (χ2n) is 8.41. The summed E-state index contributed by atoms with van der Waals surface area (Å²) in [7, 11) is 0. The number of anilines is 1. The van der Waals surface area contributed by atoms with Gasteiger partial charge in [0.2, 0.25) is 11.8 Å². The first-order valence-corrected chi connectivity index (χ1v) is 10.9. The van der Waals surface area contributed by atoms with E-state index < -0.39 is 30.5 Å². The number of pyridine rings is 1. The van der Waals surface area contributed by atoms with E-state index in [1.165, 1.54) is 11.1 Å². The van der Waals surface area contributed by atoms with E-state index in [4.69, 9.17) is 10.5 Å². The molecule has 3 aromatic rings. The van der Waals surface area contributed by atoms with Crippen LogP contribution in [-0.2, 0) is 22.6 Å². The summed E-state index contributed by atoms with van der Waals surface area (Å²) in [5.41, 5.74) is 8.05. The minimum absolute atomic E-state index is 0. The number of nitrogens with two attached hydrogens (primary N) is 1. The molecule has 10 heteroatoms. The molecule has 2 N–H and O–H groups in total. The van der Waals surface area contributed by atoms with Gasteiger partial charge in [0.1, 0.15) is 5.75 Å². The van der Waals surface area contributed by atoms with Crippen molar-refractivity contribution in [3.05, 3.63) is 65.9 Å². The Balaban J connectivity index is 0.00000342. The van der Waals surface area contributed by atoms with Crippen LogP contribution in [-0.4, -0.2) is 29.6 Å². The SMILES string of the molecule is CC(C(N)=O)[C@@H]1CCc2ccccc2N(Cc2c(OCC(F)(F)F)cnc3ccccc23)C1=O.Cl. The third-order valence-electron chi connectivity index (χ3n) is 6.20. The van der Waals surface area contributed by atoms with Crippen molar-refractivity contribution in [3.63, 3.8) is 0 Å². The van der Waals surface area contributed by atoms with Gasteiger partial charge in [0.05, 0.1) is 24.2 Å². The summed E-state index contributed by atoms with van der Waals surface area (Å²) in [4.78, 5) is 31.4. The average Bonchev–Trinajstić information content (AvgIpc) is 2.94. The highest BCUT2D eigenvalue weighted by molar-refractivity contribution is 5.99. The van der Waals surface area contributed by atoms with Gasteiger partial charge in [-0.1, -0.05) is 43.3 Å². The molecule has 0 saturated heterocycles. The fourth-order valence-corrected chi connectivity index (χ4v) is 4.35. The first-order chi connectivity index (χ1) is 16.2. The zero-order chi connectivity index (χ0) is 24.5. The second-order valence-corrected chi connectivity index (χ2v) is 8.41. The van der Waals surface area contributed by atoms with E-state index in [9.17, 15) is 22.8 Å². The van der Waals surface area contributed by atoms with Gasteiger partial charge in [0.25, 0.3) is 0 Å². The number of alkyl halides is 3. The van der Waals surface area contributed by atoms with Crippen LogP contribution in [0.5, 0.6) is 5.75 Å². The molecule has 2 atom stereocenters. The third-order valence-corrected chi connectivity index (χ3v) is 6.20. The highest BCUT2D eigenvalue weighted by Crippen LogP contribution is 2.36. The first kappa shape index (κ1) is 26.3. The lowest BCUT2D eigenvalue weighted by atomic mass is 9.88. The largest absolute Gasteiger partial charge is 0.482 e. The summed E-state index contributed by atoms with van der Waals surface area (Å²) in [5, 5.41) is 0.580. The summed E-state index contributed by atoms with van der Waals surface area (Å²) in [6, 6.07) is 14.3. The molecule has 0 aliphatic carbocycles. The van der Waals surface area contributed by atoms with Crippen molar-refractivity contribution >= 4 is 40.8 Å². The molecule has 0 saturated carbocycles. The lowest BCUT2D eigenvalue weighted by Crippen LogP contribution is -2.41. The quantitative estimate of drug-likeness (QED) is 0.518. The zero-order valence-electron chi connectivity index (χ0n) is 18.9. The Morgan fingerprint density at radius 1 is 1.20 bits per heavy atom. The van der Waals surface area contributed by atoms with Crippen LogP contribution in [0.2, 0.25) is 0 Å². The number of fused-ring (bicyclic) bond motifs is 2. The molecule has 186 valence electrons. The maximum Gasteiger partial charge on any atom is 0.422 e. The molecular formula is C25H25ClF3N3O3. The summed E-state index contributed by atoms with van der Waals surface area (Å²) in [6.07, 6.45) is -2.28. The van der Waals surface area contributed by atoms with Crippen LogP contribution in [0.15, 0.2) is 54.7 Å². The first-order valence-electron chi connectivity index (χ1n) is 10.9. The molecule has 6 nitrogen and oxygen atoms in total. The Morgan fingerprint density at radius 2 is 1.89 bits per heavy atom. The predicted molar refractivity (Wildman–Crippen MR) is 128 cm³/mol. The minimum atomic E-state index is -4.53. The Kier molecular flexibility index (Phi) is 7.90. The van der Waals surface area contributed by atoms with E-state index in [0.717, 1.165) is 5.56 Å².